The number of aromatic nitrogens is 1. The molecule has 1 fully saturated rings. The quantitative estimate of drug-likeness (QED) is 0.460. The van der Waals surface area contributed by atoms with Crippen LogP contribution in [-0.2, 0) is 26.1 Å². The van der Waals surface area contributed by atoms with Gasteiger partial charge in [0.2, 0.25) is 10.0 Å². The van der Waals surface area contributed by atoms with Gasteiger partial charge in [-0.15, -0.1) is 0 Å². The molecule has 0 N–H and O–H groups in total. The summed E-state index contributed by atoms with van der Waals surface area (Å²) in [6, 6.07) is 13.1. The number of sulfonamides is 1. The van der Waals surface area contributed by atoms with Crippen molar-refractivity contribution in [3.63, 3.8) is 0 Å². The van der Waals surface area contributed by atoms with E-state index in [1.165, 1.54) is 15.6 Å². The second-order valence-corrected chi connectivity index (χ2v) is 11.6. The molecule has 0 spiro atoms. The zero-order chi connectivity index (χ0) is 24.3. The first kappa shape index (κ1) is 24.8. The van der Waals surface area contributed by atoms with Crippen LogP contribution in [-0.4, -0.2) is 49.5 Å². The highest BCUT2D eigenvalue weighted by molar-refractivity contribution is 7.89. The van der Waals surface area contributed by atoms with Crippen LogP contribution in [0.3, 0.4) is 0 Å². The van der Waals surface area contributed by atoms with Gasteiger partial charge < -0.3 is 9.30 Å². The molecule has 34 heavy (non-hydrogen) atoms. The number of aryl methyl sites for hydroxylation is 2. The Morgan fingerprint density at radius 2 is 1.76 bits per heavy atom. The smallest absolute Gasteiger partial charge is 0.251 e. The lowest BCUT2D eigenvalue weighted by Crippen LogP contribution is -2.40. The number of rotatable bonds is 7. The largest absolute Gasteiger partial charge is 0.380 e. The van der Waals surface area contributed by atoms with Crippen LogP contribution in [0.4, 0.5) is 0 Å². The monoisotopic (exact) mass is 501 g/mol. The van der Waals surface area contributed by atoms with Gasteiger partial charge in [-0.05, 0) is 63.4 Å². The number of amides is 1. The molecule has 0 saturated carbocycles. The third kappa shape index (κ3) is 5.33. The van der Waals surface area contributed by atoms with Crippen LogP contribution in [0.1, 0.15) is 30.9 Å². The summed E-state index contributed by atoms with van der Waals surface area (Å²) in [4.78, 5) is 18.5. The van der Waals surface area contributed by atoms with Crippen molar-refractivity contribution in [2.75, 3.05) is 26.3 Å². The van der Waals surface area contributed by atoms with E-state index in [1.807, 2.05) is 25.3 Å². The first-order valence-corrected chi connectivity index (χ1v) is 13.9. The summed E-state index contributed by atoms with van der Waals surface area (Å²) >= 11 is 1.51. The number of hydrogen-bond donors (Lipinski definition) is 0. The molecule has 1 saturated heterocycles. The van der Waals surface area contributed by atoms with Crippen molar-refractivity contribution in [2.24, 2.45) is 10.9 Å². The number of piperidine rings is 1. The van der Waals surface area contributed by atoms with Crippen molar-refractivity contribution in [1.82, 2.24) is 8.87 Å². The van der Waals surface area contributed by atoms with Gasteiger partial charge in [0, 0.05) is 32.2 Å². The van der Waals surface area contributed by atoms with E-state index in [-0.39, 0.29) is 11.8 Å². The van der Waals surface area contributed by atoms with Crippen molar-refractivity contribution in [3.05, 3.63) is 58.4 Å². The molecule has 7 nitrogen and oxygen atoms in total. The maximum atomic E-state index is 13.1. The summed E-state index contributed by atoms with van der Waals surface area (Å²) in [6.07, 6.45) is 0.937. The molecule has 1 amide bonds. The van der Waals surface area contributed by atoms with E-state index in [1.54, 1.807) is 24.3 Å². The molecular weight excluding hydrogens is 470 g/mol. The van der Waals surface area contributed by atoms with E-state index >= 15 is 0 Å². The van der Waals surface area contributed by atoms with E-state index in [9.17, 15) is 13.2 Å². The molecule has 2 aromatic carbocycles. The van der Waals surface area contributed by atoms with Crippen LogP contribution in [0, 0.1) is 19.8 Å². The molecular formula is C25H31N3O4S2. The van der Waals surface area contributed by atoms with Crippen LogP contribution in [0.2, 0.25) is 0 Å². The molecule has 0 unspecified atom stereocenters. The number of carbonyl (C=O) groups excluding carboxylic acids is 1. The third-order valence-electron chi connectivity index (χ3n) is 6.17. The minimum absolute atomic E-state index is 0.180. The predicted molar refractivity (Wildman–Crippen MR) is 134 cm³/mol. The van der Waals surface area contributed by atoms with Crippen molar-refractivity contribution in [3.8, 4) is 0 Å². The second kappa shape index (κ2) is 10.5. The third-order valence-corrected chi connectivity index (χ3v) is 9.12. The zero-order valence-electron chi connectivity index (χ0n) is 19.9. The molecule has 0 bridgehead atoms. The Balaban J connectivity index is 1.51. The number of benzene rings is 2. The highest BCUT2D eigenvalue weighted by Crippen LogP contribution is 2.25. The fraction of sp³-hybridized carbons (Fsp3) is 0.440. The van der Waals surface area contributed by atoms with Gasteiger partial charge >= 0.3 is 0 Å². The standard InChI is InChI=1S/C25H31N3O4S2/c1-4-32-16-15-28-22-10-7-19(3)17-23(22)33-25(28)26-24(29)20-11-13-27(14-12-20)34(30,31)21-8-5-18(2)6-9-21/h5-10,17,20H,4,11-16H2,1-3H3. The van der Waals surface area contributed by atoms with Gasteiger partial charge in [0.05, 0.1) is 21.7 Å². The molecule has 1 aliphatic rings. The Morgan fingerprint density at radius 1 is 1.09 bits per heavy atom. The summed E-state index contributed by atoms with van der Waals surface area (Å²) in [5.41, 5.74) is 3.21. The van der Waals surface area contributed by atoms with E-state index in [4.69, 9.17) is 4.74 Å². The van der Waals surface area contributed by atoms with E-state index in [0.29, 0.717) is 55.4 Å². The fourth-order valence-electron chi connectivity index (χ4n) is 4.17. The molecule has 4 rings (SSSR count). The van der Waals surface area contributed by atoms with Gasteiger partial charge in [-0.1, -0.05) is 35.1 Å². The summed E-state index contributed by atoms with van der Waals surface area (Å²) < 4.78 is 36.1. The van der Waals surface area contributed by atoms with Crippen LogP contribution in [0.5, 0.6) is 0 Å². The number of carbonyl (C=O) groups is 1. The lowest BCUT2D eigenvalue weighted by molar-refractivity contribution is -0.122. The summed E-state index contributed by atoms with van der Waals surface area (Å²) in [5.74, 6) is -0.461. The molecule has 2 heterocycles. The number of hydrogen-bond acceptors (Lipinski definition) is 5. The average molecular weight is 502 g/mol. The van der Waals surface area contributed by atoms with Gasteiger partial charge in [-0.2, -0.15) is 9.30 Å². The number of ether oxygens (including phenoxy) is 1. The van der Waals surface area contributed by atoms with Gasteiger partial charge in [0.1, 0.15) is 0 Å². The molecule has 1 aromatic heterocycles. The molecule has 182 valence electrons. The second-order valence-electron chi connectivity index (χ2n) is 8.65. The van der Waals surface area contributed by atoms with Crippen molar-refractivity contribution in [1.29, 1.82) is 0 Å². The van der Waals surface area contributed by atoms with Gasteiger partial charge in [0.25, 0.3) is 5.91 Å². The van der Waals surface area contributed by atoms with Crippen molar-refractivity contribution >= 4 is 37.5 Å². The topological polar surface area (TPSA) is 81.0 Å². The van der Waals surface area contributed by atoms with E-state index in [2.05, 4.69) is 23.2 Å². The Labute approximate surface area is 204 Å². The van der Waals surface area contributed by atoms with Gasteiger partial charge in [0.15, 0.2) is 4.80 Å². The Bertz CT molecular complexity index is 1330. The molecule has 3 aromatic rings. The van der Waals surface area contributed by atoms with E-state index in [0.717, 1.165) is 21.3 Å². The first-order chi connectivity index (χ1) is 16.3. The van der Waals surface area contributed by atoms with Crippen LogP contribution < -0.4 is 4.80 Å². The Morgan fingerprint density at radius 3 is 2.44 bits per heavy atom. The fourth-order valence-corrected chi connectivity index (χ4v) is 6.80. The number of nitrogens with zero attached hydrogens (tertiary/aromatic N) is 3. The van der Waals surface area contributed by atoms with Crippen LogP contribution >= 0.6 is 11.3 Å². The molecule has 0 radical (unpaired) electrons. The minimum atomic E-state index is -3.55. The summed E-state index contributed by atoms with van der Waals surface area (Å²) in [7, 11) is -3.55. The molecule has 1 aliphatic heterocycles. The number of fused-ring (bicyclic) bond motifs is 1. The normalized spacial score (nSPS) is 16.4. The van der Waals surface area contributed by atoms with E-state index < -0.39 is 10.0 Å². The zero-order valence-corrected chi connectivity index (χ0v) is 21.5. The summed E-state index contributed by atoms with van der Waals surface area (Å²) in [5, 5.41) is 0. The Hall–Kier alpha value is -2.33. The van der Waals surface area contributed by atoms with Gasteiger partial charge in [-0.25, -0.2) is 8.42 Å². The minimum Gasteiger partial charge on any atom is -0.380 e. The maximum absolute atomic E-state index is 13.1. The average Bonchev–Trinajstić information content (AvgIpc) is 3.15. The maximum Gasteiger partial charge on any atom is 0.251 e. The van der Waals surface area contributed by atoms with Crippen LogP contribution in [0.15, 0.2) is 52.4 Å². The van der Waals surface area contributed by atoms with Gasteiger partial charge in [-0.3, -0.25) is 4.79 Å². The lowest BCUT2D eigenvalue weighted by Gasteiger charge is -2.29. The first-order valence-electron chi connectivity index (χ1n) is 11.6. The lowest BCUT2D eigenvalue weighted by atomic mass is 9.98. The molecule has 9 heteroatoms. The van der Waals surface area contributed by atoms with Crippen molar-refractivity contribution < 1.29 is 17.9 Å². The predicted octanol–water partition coefficient (Wildman–Crippen LogP) is 3.88. The highest BCUT2D eigenvalue weighted by atomic mass is 32.2. The molecule has 0 aliphatic carbocycles. The SMILES string of the molecule is CCOCCn1c(=NC(=O)C2CCN(S(=O)(=O)c3ccc(C)cc3)CC2)sc2cc(C)ccc21. The summed E-state index contributed by atoms with van der Waals surface area (Å²) in [6.45, 7) is 8.37. The highest BCUT2D eigenvalue weighted by Gasteiger charge is 2.32. The van der Waals surface area contributed by atoms with Crippen molar-refractivity contribution in [2.45, 2.75) is 45.1 Å². The molecule has 0 atom stereocenters. The Kier molecular flexibility index (Phi) is 7.67. The van der Waals surface area contributed by atoms with Crippen LogP contribution in [0.25, 0.3) is 10.2 Å². The number of thiazole rings is 1.